The molecule has 0 unspecified atom stereocenters. The van der Waals surface area contributed by atoms with E-state index in [9.17, 15) is 9.59 Å². The number of rotatable bonds is 6. The third-order valence-electron chi connectivity index (χ3n) is 4.40. The molecule has 0 spiro atoms. The quantitative estimate of drug-likeness (QED) is 0.848. The van der Waals surface area contributed by atoms with Crippen molar-refractivity contribution in [3.8, 4) is 0 Å². The lowest BCUT2D eigenvalue weighted by atomic mass is 10.1. The van der Waals surface area contributed by atoms with Crippen LogP contribution in [0, 0.1) is 5.92 Å². The lowest BCUT2D eigenvalue weighted by Gasteiger charge is -2.12. The van der Waals surface area contributed by atoms with Crippen LogP contribution >= 0.6 is 0 Å². The van der Waals surface area contributed by atoms with Crippen LogP contribution in [0.1, 0.15) is 61.9 Å². The average Bonchev–Trinajstić information content (AvgIpc) is 3.07. The van der Waals surface area contributed by atoms with E-state index in [2.05, 4.69) is 10.6 Å². The molecule has 0 aromatic heterocycles. The van der Waals surface area contributed by atoms with Crippen molar-refractivity contribution in [1.82, 2.24) is 10.6 Å². The second-order valence-electron chi connectivity index (χ2n) is 6.18. The summed E-state index contributed by atoms with van der Waals surface area (Å²) in [6.07, 6.45) is 5.27. The Morgan fingerprint density at radius 2 is 1.82 bits per heavy atom. The minimum atomic E-state index is -0.0455. The van der Waals surface area contributed by atoms with E-state index in [1.54, 1.807) is 0 Å². The molecule has 1 saturated carbocycles. The van der Waals surface area contributed by atoms with Crippen molar-refractivity contribution < 1.29 is 9.59 Å². The molecular formula is C18H26N2O2. The van der Waals surface area contributed by atoms with E-state index in [0.717, 1.165) is 37.7 Å². The Labute approximate surface area is 132 Å². The number of nitrogens with one attached hydrogen (secondary N) is 2. The predicted molar refractivity (Wildman–Crippen MR) is 87.5 cm³/mol. The zero-order valence-electron chi connectivity index (χ0n) is 13.5. The number of carbonyl (C=O) groups excluding carboxylic acids is 2. The van der Waals surface area contributed by atoms with Gasteiger partial charge in [-0.1, -0.05) is 31.9 Å². The molecule has 1 fully saturated rings. The monoisotopic (exact) mass is 302 g/mol. The van der Waals surface area contributed by atoms with Crippen LogP contribution in [0.3, 0.4) is 0 Å². The van der Waals surface area contributed by atoms with Gasteiger partial charge in [-0.05, 0) is 43.9 Å². The Morgan fingerprint density at radius 1 is 1.18 bits per heavy atom. The van der Waals surface area contributed by atoms with Gasteiger partial charge in [0.1, 0.15) is 0 Å². The molecule has 4 heteroatoms. The van der Waals surface area contributed by atoms with Gasteiger partial charge in [-0.3, -0.25) is 9.59 Å². The van der Waals surface area contributed by atoms with Gasteiger partial charge in [0.05, 0.1) is 0 Å². The van der Waals surface area contributed by atoms with E-state index in [1.165, 1.54) is 0 Å². The smallest absolute Gasteiger partial charge is 0.251 e. The van der Waals surface area contributed by atoms with Crippen molar-refractivity contribution >= 4 is 11.8 Å². The molecule has 1 aromatic rings. The summed E-state index contributed by atoms with van der Waals surface area (Å²) in [4.78, 5) is 24.0. The summed E-state index contributed by atoms with van der Waals surface area (Å²) >= 11 is 0. The van der Waals surface area contributed by atoms with E-state index < -0.39 is 0 Å². The maximum atomic E-state index is 12.0. The summed E-state index contributed by atoms with van der Waals surface area (Å²) in [6, 6.07) is 7.61. The summed E-state index contributed by atoms with van der Waals surface area (Å²) in [6.45, 7) is 4.56. The molecule has 4 nitrogen and oxygen atoms in total. The number of amides is 2. The Bertz CT molecular complexity index is 504. The number of hydrogen-bond donors (Lipinski definition) is 2. The summed E-state index contributed by atoms with van der Waals surface area (Å²) in [5, 5.41) is 5.94. The van der Waals surface area contributed by atoms with Crippen LogP contribution in [-0.2, 0) is 11.3 Å². The Balaban J connectivity index is 1.83. The Hall–Kier alpha value is -1.84. The van der Waals surface area contributed by atoms with Crippen molar-refractivity contribution in [3.63, 3.8) is 0 Å². The summed E-state index contributed by atoms with van der Waals surface area (Å²) in [5.41, 5.74) is 1.68. The van der Waals surface area contributed by atoms with Crippen LogP contribution < -0.4 is 10.6 Å². The molecule has 0 heterocycles. The number of carbonyl (C=O) groups is 2. The molecule has 0 bridgehead atoms. The summed E-state index contributed by atoms with van der Waals surface area (Å²) in [5.74, 6) is 0.313. The van der Waals surface area contributed by atoms with Crippen molar-refractivity contribution in [2.75, 3.05) is 0 Å². The first-order valence-corrected chi connectivity index (χ1v) is 8.27. The molecule has 120 valence electrons. The number of benzene rings is 1. The molecule has 22 heavy (non-hydrogen) atoms. The van der Waals surface area contributed by atoms with Gasteiger partial charge < -0.3 is 10.6 Å². The van der Waals surface area contributed by atoms with Crippen LogP contribution in [-0.4, -0.2) is 17.9 Å². The normalized spacial score (nSPS) is 16.3. The van der Waals surface area contributed by atoms with E-state index >= 15 is 0 Å². The molecule has 1 aliphatic rings. The highest BCUT2D eigenvalue weighted by Gasteiger charge is 2.22. The first-order valence-electron chi connectivity index (χ1n) is 8.27. The van der Waals surface area contributed by atoms with Gasteiger partial charge in [0, 0.05) is 24.1 Å². The average molecular weight is 302 g/mol. The highest BCUT2D eigenvalue weighted by molar-refractivity contribution is 5.94. The summed E-state index contributed by atoms with van der Waals surface area (Å²) in [7, 11) is 0. The summed E-state index contributed by atoms with van der Waals surface area (Å²) < 4.78 is 0. The fourth-order valence-electron chi connectivity index (χ4n) is 2.70. The molecule has 2 amide bonds. The van der Waals surface area contributed by atoms with Crippen LogP contribution in [0.4, 0.5) is 0 Å². The van der Waals surface area contributed by atoms with Gasteiger partial charge in [-0.2, -0.15) is 0 Å². The molecule has 1 atom stereocenters. The molecular weight excluding hydrogens is 276 g/mol. The maximum Gasteiger partial charge on any atom is 0.251 e. The van der Waals surface area contributed by atoms with Gasteiger partial charge >= 0.3 is 0 Å². The maximum absolute atomic E-state index is 12.0. The van der Waals surface area contributed by atoms with Gasteiger partial charge in [0.2, 0.25) is 5.91 Å². The zero-order valence-corrected chi connectivity index (χ0v) is 13.5. The topological polar surface area (TPSA) is 58.2 Å². The fraction of sp³-hybridized carbons (Fsp3) is 0.556. The first-order chi connectivity index (χ1) is 10.6. The first kappa shape index (κ1) is 16.5. The van der Waals surface area contributed by atoms with Gasteiger partial charge in [-0.25, -0.2) is 0 Å². The van der Waals surface area contributed by atoms with Gasteiger partial charge in [0.25, 0.3) is 5.91 Å². The van der Waals surface area contributed by atoms with E-state index in [4.69, 9.17) is 0 Å². The second kappa shape index (κ2) is 7.97. The predicted octanol–water partition coefficient (Wildman–Crippen LogP) is 3.02. The molecule has 1 aromatic carbocycles. The standard InChI is InChI=1S/C18H26N2O2/c1-3-13(2)20-18(22)16-10-8-14(9-11-16)12-19-17(21)15-6-4-5-7-15/h8-11,13,15H,3-7,12H2,1-2H3,(H,19,21)(H,20,22)/t13-/m1/s1. The van der Waals surface area contributed by atoms with Crippen molar-refractivity contribution in [1.29, 1.82) is 0 Å². The lowest BCUT2D eigenvalue weighted by Crippen LogP contribution is -2.32. The minimum Gasteiger partial charge on any atom is -0.352 e. The molecule has 0 aliphatic heterocycles. The minimum absolute atomic E-state index is 0.0455. The van der Waals surface area contributed by atoms with Crippen LogP contribution in [0.25, 0.3) is 0 Å². The molecule has 2 N–H and O–H groups in total. The van der Waals surface area contributed by atoms with Crippen LogP contribution in [0.15, 0.2) is 24.3 Å². The fourth-order valence-corrected chi connectivity index (χ4v) is 2.70. The van der Waals surface area contributed by atoms with Crippen molar-refractivity contribution in [3.05, 3.63) is 35.4 Å². The second-order valence-corrected chi connectivity index (χ2v) is 6.18. The Morgan fingerprint density at radius 3 is 2.41 bits per heavy atom. The largest absolute Gasteiger partial charge is 0.352 e. The lowest BCUT2D eigenvalue weighted by molar-refractivity contribution is -0.124. The third-order valence-corrected chi connectivity index (χ3v) is 4.40. The Kier molecular flexibility index (Phi) is 5.99. The van der Waals surface area contributed by atoms with E-state index in [1.807, 2.05) is 38.1 Å². The van der Waals surface area contributed by atoms with Gasteiger partial charge in [0.15, 0.2) is 0 Å². The molecule has 0 radical (unpaired) electrons. The SMILES string of the molecule is CC[C@@H](C)NC(=O)c1ccc(CNC(=O)C2CCCC2)cc1. The molecule has 2 rings (SSSR count). The molecule has 1 aliphatic carbocycles. The van der Waals surface area contributed by atoms with Crippen molar-refractivity contribution in [2.45, 2.75) is 58.5 Å². The zero-order chi connectivity index (χ0) is 15.9. The van der Waals surface area contributed by atoms with E-state index in [-0.39, 0.29) is 23.8 Å². The van der Waals surface area contributed by atoms with Crippen LogP contribution in [0.2, 0.25) is 0 Å². The molecule has 0 saturated heterocycles. The van der Waals surface area contributed by atoms with Crippen molar-refractivity contribution in [2.24, 2.45) is 5.92 Å². The van der Waals surface area contributed by atoms with E-state index in [0.29, 0.717) is 12.1 Å². The third kappa shape index (κ3) is 4.58. The number of hydrogen-bond acceptors (Lipinski definition) is 2. The highest BCUT2D eigenvalue weighted by atomic mass is 16.2. The highest BCUT2D eigenvalue weighted by Crippen LogP contribution is 2.24. The van der Waals surface area contributed by atoms with Gasteiger partial charge in [-0.15, -0.1) is 0 Å². The van der Waals surface area contributed by atoms with Crippen LogP contribution in [0.5, 0.6) is 0 Å².